The molecule has 0 spiro atoms. The van der Waals surface area contributed by atoms with E-state index in [0.717, 1.165) is 5.70 Å². The second-order valence-electron chi connectivity index (χ2n) is 3.79. The molecule has 3 nitrogen and oxygen atoms in total. The van der Waals surface area contributed by atoms with Gasteiger partial charge in [-0.2, -0.15) is 5.06 Å². The SMILES string of the molecule is COON1C(c2ccccc2)=C1C(C)C. The molecule has 1 heterocycles. The van der Waals surface area contributed by atoms with Gasteiger partial charge in [0.05, 0.1) is 12.8 Å². The molecule has 0 fully saturated rings. The van der Waals surface area contributed by atoms with Gasteiger partial charge in [-0.25, -0.2) is 4.89 Å². The van der Waals surface area contributed by atoms with Crippen LogP contribution in [-0.2, 0) is 9.88 Å². The number of hydroxylamine groups is 2. The van der Waals surface area contributed by atoms with Crippen LogP contribution in [0.1, 0.15) is 19.4 Å². The topological polar surface area (TPSA) is 21.5 Å². The van der Waals surface area contributed by atoms with Crippen LogP contribution in [0.5, 0.6) is 0 Å². The Kier molecular flexibility index (Phi) is 2.75. The van der Waals surface area contributed by atoms with Gasteiger partial charge < -0.3 is 0 Å². The minimum atomic E-state index is 0.440. The summed E-state index contributed by atoms with van der Waals surface area (Å²) < 4.78 is 0. The van der Waals surface area contributed by atoms with Crippen LogP contribution in [0.2, 0.25) is 0 Å². The predicted molar refractivity (Wildman–Crippen MR) is 58.1 cm³/mol. The molecular weight excluding hydrogens is 190 g/mol. The highest BCUT2D eigenvalue weighted by atomic mass is 17.3. The van der Waals surface area contributed by atoms with Crippen molar-refractivity contribution in [3.8, 4) is 0 Å². The lowest BCUT2D eigenvalue weighted by Crippen LogP contribution is -2.04. The monoisotopic (exact) mass is 205 g/mol. The first-order valence-electron chi connectivity index (χ1n) is 5.06. The van der Waals surface area contributed by atoms with Gasteiger partial charge in [-0.15, -0.1) is 4.99 Å². The van der Waals surface area contributed by atoms with Crippen molar-refractivity contribution < 1.29 is 9.88 Å². The van der Waals surface area contributed by atoms with E-state index < -0.39 is 0 Å². The minimum absolute atomic E-state index is 0.440. The third-order valence-electron chi connectivity index (χ3n) is 2.36. The number of hydrogen-bond donors (Lipinski definition) is 0. The van der Waals surface area contributed by atoms with Gasteiger partial charge >= 0.3 is 0 Å². The average molecular weight is 205 g/mol. The van der Waals surface area contributed by atoms with Gasteiger partial charge in [0.2, 0.25) is 0 Å². The van der Waals surface area contributed by atoms with Crippen molar-refractivity contribution >= 4 is 5.70 Å². The fraction of sp³-hybridized carbons (Fsp3) is 0.333. The van der Waals surface area contributed by atoms with E-state index in [2.05, 4.69) is 30.9 Å². The summed E-state index contributed by atoms with van der Waals surface area (Å²) in [6.45, 7) is 4.27. The third-order valence-corrected chi connectivity index (χ3v) is 2.36. The maximum absolute atomic E-state index is 5.05. The highest BCUT2D eigenvalue weighted by Gasteiger charge is 2.38. The molecule has 15 heavy (non-hydrogen) atoms. The van der Waals surface area contributed by atoms with Crippen LogP contribution in [0.3, 0.4) is 0 Å². The van der Waals surface area contributed by atoms with E-state index in [9.17, 15) is 0 Å². The quantitative estimate of drug-likeness (QED) is 0.557. The van der Waals surface area contributed by atoms with Crippen molar-refractivity contribution in [2.45, 2.75) is 13.8 Å². The number of allylic oxidation sites excluding steroid dienone is 1. The van der Waals surface area contributed by atoms with Crippen molar-refractivity contribution in [3.63, 3.8) is 0 Å². The number of hydrogen-bond acceptors (Lipinski definition) is 3. The van der Waals surface area contributed by atoms with Crippen LogP contribution in [-0.4, -0.2) is 12.2 Å². The average Bonchev–Trinajstić information content (AvgIpc) is 2.94. The van der Waals surface area contributed by atoms with E-state index in [4.69, 9.17) is 4.99 Å². The smallest absolute Gasteiger partial charge is 0.102 e. The van der Waals surface area contributed by atoms with Crippen LogP contribution < -0.4 is 0 Å². The highest BCUT2D eigenvalue weighted by molar-refractivity contribution is 5.78. The second-order valence-corrected chi connectivity index (χ2v) is 3.79. The van der Waals surface area contributed by atoms with Gasteiger partial charge in [-0.3, -0.25) is 0 Å². The van der Waals surface area contributed by atoms with E-state index >= 15 is 0 Å². The molecule has 1 aliphatic rings. The summed E-state index contributed by atoms with van der Waals surface area (Å²) in [7, 11) is 1.51. The van der Waals surface area contributed by atoms with E-state index in [-0.39, 0.29) is 0 Å². The summed E-state index contributed by atoms with van der Waals surface area (Å²) in [5.41, 5.74) is 3.47. The molecular formula is C12H15NO2. The zero-order chi connectivity index (χ0) is 10.8. The molecule has 3 heteroatoms. The molecule has 0 radical (unpaired) electrons. The number of benzene rings is 1. The lowest BCUT2D eigenvalue weighted by atomic mass is 10.1. The molecule has 0 aromatic heterocycles. The molecule has 2 rings (SSSR count). The zero-order valence-electron chi connectivity index (χ0n) is 9.23. The third kappa shape index (κ3) is 1.89. The maximum atomic E-state index is 5.05. The van der Waals surface area contributed by atoms with Crippen molar-refractivity contribution in [2.24, 2.45) is 5.92 Å². The minimum Gasteiger partial charge on any atom is -0.216 e. The molecule has 0 saturated heterocycles. The molecule has 0 amide bonds. The van der Waals surface area contributed by atoms with E-state index in [1.165, 1.54) is 18.4 Å². The molecule has 0 aliphatic carbocycles. The van der Waals surface area contributed by atoms with Crippen molar-refractivity contribution in [1.82, 2.24) is 5.06 Å². The molecule has 1 aromatic carbocycles. The van der Waals surface area contributed by atoms with Crippen molar-refractivity contribution in [1.29, 1.82) is 0 Å². The lowest BCUT2D eigenvalue weighted by Gasteiger charge is -2.05. The van der Waals surface area contributed by atoms with Crippen molar-refractivity contribution in [2.75, 3.05) is 7.11 Å². The van der Waals surface area contributed by atoms with E-state index in [1.54, 1.807) is 5.06 Å². The van der Waals surface area contributed by atoms with Gasteiger partial charge in [-0.1, -0.05) is 44.2 Å². The van der Waals surface area contributed by atoms with E-state index in [0.29, 0.717) is 5.92 Å². The highest BCUT2D eigenvalue weighted by Crippen LogP contribution is 2.44. The first kappa shape index (κ1) is 10.2. The summed E-state index contributed by atoms with van der Waals surface area (Å²) in [4.78, 5) is 9.74. The normalized spacial score (nSPS) is 15.1. The molecule has 0 bridgehead atoms. The Hall–Kier alpha value is -1.32. The summed E-state index contributed by atoms with van der Waals surface area (Å²) >= 11 is 0. The molecule has 1 aliphatic heterocycles. The van der Waals surface area contributed by atoms with Crippen LogP contribution in [0, 0.1) is 5.92 Å². The summed E-state index contributed by atoms with van der Waals surface area (Å²) in [6, 6.07) is 10.2. The number of rotatable bonds is 4. The lowest BCUT2D eigenvalue weighted by molar-refractivity contribution is -0.366. The Morgan fingerprint density at radius 1 is 1.13 bits per heavy atom. The van der Waals surface area contributed by atoms with E-state index in [1.807, 2.05) is 18.2 Å². The van der Waals surface area contributed by atoms with Gasteiger partial charge in [-0.05, 0) is 5.92 Å². The molecule has 80 valence electrons. The van der Waals surface area contributed by atoms with Gasteiger partial charge in [0.1, 0.15) is 5.70 Å². The molecule has 1 aromatic rings. The largest absolute Gasteiger partial charge is 0.216 e. The van der Waals surface area contributed by atoms with Gasteiger partial charge in [0.15, 0.2) is 0 Å². The Bertz CT molecular complexity index is 370. The van der Waals surface area contributed by atoms with Gasteiger partial charge in [0.25, 0.3) is 0 Å². The zero-order valence-corrected chi connectivity index (χ0v) is 9.23. The maximum Gasteiger partial charge on any atom is 0.102 e. The Balaban J connectivity index is 2.21. The second kappa shape index (κ2) is 4.04. The van der Waals surface area contributed by atoms with Gasteiger partial charge in [0, 0.05) is 5.56 Å². The number of nitrogens with zero attached hydrogens (tertiary/aromatic N) is 1. The van der Waals surface area contributed by atoms with Crippen LogP contribution >= 0.6 is 0 Å². The van der Waals surface area contributed by atoms with Crippen LogP contribution in [0.15, 0.2) is 36.0 Å². The Morgan fingerprint density at radius 2 is 1.80 bits per heavy atom. The molecule has 0 saturated carbocycles. The molecule has 0 N–H and O–H groups in total. The van der Waals surface area contributed by atoms with Crippen LogP contribution in [0.25, 0.3) is 5.70 Å². The van der Waals surface area contributed by atoms with Crippen LogP contribution in [0.4, 0.5) is 0 Å². The molecule has 0 unspecified atom stereocenters. The summed E-state index contributed by atoms with van der Waals surface area (Å²) in [5, 5.41) is 1.74. The van der Waals surface area contributed by atoms with Crippen molar-refractivity contribution in [3.05, 3.63) is 41.6 Å². The summed E-state index contributed by atoms with van der Waals surface area (Å²) in [5.74, 6) is 0.440. The first-order valence-corrected chi connectivity index (χ1v) is 5.06. The standard InChI is InChI=1S/C12H15NO2/c1-9(2)11-12(13(11)15-14-3)10-7-5-4-6-8-10/h4-9H,1-3H3. The predicted octanol–water partition coefficient (Wildman–Crippen LogP) is 2.82. The molecule has 0 atom stereocenters. The fourth-order valence-electron chi connectivity index (χ4n) is 1.68. The Labute approximate surface area is 89.8 Å². The summed E-state index contributed by atoms with van der Waals surface area (Å²) in [6.07, 6.45) is 0. The first-order chi connectivity index (χ1) is 7.25. The fourth-order valence-corrected chi connectivity index (χ4v) is 1.68. The Morgan fingerprint density at radius 3 is 2.33 bits per heavy atom.